The molecule has 6 nitrogen and oxygen atoms in total. The van der Waals surface area contributed by atoms with E-state index in [4.69, 9.17) is 9.47 Å². The Balaban J connectivity index is 1.69. The lowest BCUT2D eigenvalue weighted by atomic mass is 10.1. The van der Waals surface area contributed by atoms with Gasteiger partial charge in [0, 0.05) is 37.3 Å². The number of ether oxygens (including phenoxy) is 2. The Morgan fingerprint density at radius 2 is 1.77 bits per heavy atom. The number of hydrogen-bond acceptors (Lipinski definition) is 4. The fourth-order valence-corrected chi connectivity index (χ4v) is 3.63. The molecule has 1 heterocycles. The van der Waals surface area contributed by atoms with Crippen molar-refractivity contribution in [2.24, 2.45) is 5.92 Å². The van der Waals surface area contributed by atoms with Crippen molar-refractivity contribution in [2.75, 3.05) is 39.9 Å². The van der Waals surface area contributed by atoms with Crippen molar-refractivity contribution in [2.45, 2.75) is 20.0 Å². The third-order valence-electron chi connectivity index (χ3n) is 5.15. The molecule has 31 heavy (non-hydrogen) atoms. The Morgan fingerprint density at radius 3 is 2.39 bits per heavy atom. The number of carbonyl (C=O) groups is 2. The Bertz CT molecular complexity index is 883. The second kappa shape index (κ2) is 10.4. The average molecular weight is 429 g/mol. The summed E-state index contributed by atoms with van der Waals surface area (Å²) in [5.41, 5.74) is 1.02. The summed E-state index contributed by atoms with van der Waals surface area (Å²) in [6.07, 6.45) is -0.293. The quantitative estimate of drug-likeness (QED) is 0.678. The Labute approximate surface area is 182 Å². The summed E-state index contributed by atoms with van der Waals surface area (Å²) in [5, 5.41) is 0. The topological polar surface area (TPSA) is 59.1 Å². The first-order valence-electron chi connectivity index (χ1n) is 10.5. The number of rotatable bonds is 7. The molecule has 1 aliphatic rings. The molecule has 0 saturated carbocycles. The summed E-state index contributed by atoms with van der Waals surface area (Å²) in [5.74, 6) is 0.352. The highest BCUT2D eigenvalue weighted by Crippen LogP contribution is 2.17. The molecule has 0 N–H and O–H groups in total. The number of carbonyl (C=O) groups excluding carboxylic acids is 2. The van der Waals surface area contributed by atoms with Gasteiger partial charge in [-0.25, -0.2) is 4.39 Å². The first kappa shape index (κ1) is 22.7. The zero-order valence-corrected chi connectivity index (χ0v) is 18.2. The van der Waals surface area contributed by atoms with Gasteiger partial charge in [0.25, 0.3) is 11.8 Å². The van der Waals surface area contributed by atoms with Gasteiger partial charge in [-0.15, -0.1) is 0 Å². The molecule has 2 aromatic carbocycles. The van der Waals surface area contributed by atoms with Crippen LogP contribution >= 0.6 is 0 Å². The SMILES string of the molecule is COc1ccc(C(=O)N(CC(C)C)CC2CN(C(=O)c3ccc(F)cc3)CCO2)cc1. The van der Waals surface area contributed by atoms with Crippen molar-refractivity contribution in [1.29, 1.82) is 0 Å². The number of morpholine rings is 1. The molecular weight excluding hydrogens is 399 g/mol. The highest BCUT2D eigenvalue weighted by molar-refractivity contribution is 5.95. The smallest absolute Gasteiger partial charge is 0.254 e. The Kier molecular flexibility index (Phi) is 7.63. The summed E-state index contributed by atoms with van der Waals surface area (Å²) in [4.78, 5) is 29.4. The van der Waals surface area contributed by atoms with E-state index in [0.29, 0.717) is 49.7 Å². The van der Waals surface area contributed by atoms with Gasteiger partial charge in [0.2, 0.25) is 0 Å². The van der Waals surface area contributed by atoms with Gasteiger partial charge in [-0.2, -0.15) is 0 Å². The highest BCUT2D eigenvalue weighted by Gasteiger charge is 2.28. The predicted octanol–water partition coefficient (Wildman–Crippen LogP) is 3.47. The van der Waals surface area contributed by atoms with Gasteiger partial charge in [-0.05, 0) is 54.4 Å². The molecule has 0 radical (unpaired) electrons. The van der Waals surface area contributed by atoms with Crippen molar-refractivity contribution in [1.82, 2.24) is 9.80 Å². The predicted molar refractivity (Wildman–Crippen MR) is 116 cm³/mol. The van der Waals surface area contributed by atoms with Gasteiger partial charge in [0.05, 0.1) is 19.8 Å². The van der Waals surface area contributed by atoms with E-state index in [9.17, 15) is 14.0 Å². The molecule has 166 valence electrons. The lowest BCUT2D eigenvalue weighted by Crippen LogP contribution is -2.51. The van der Waals surface area contributed by atoms with Crippen LogP contribution in [0.15, 0.2) is 48.5 Å². The highest BCUT2D eigenvalue weighted by atomic mass is 19.1. The maximum atomic E-state index is 13.2. The van der Waals surface area contributed by atoms with E-state index in [1.807, 2.05) is 0 Å². The number of benzene rings is 2. The largest absolute Gasteiger partial charge is 0.497 e. The van der Waals surface area contributed by atoms with E-state index in [1.54, 1.807) is 41.2 Å². The monoisotopic (exact) mass is 428 g/mol. The second-order valence-electron chi connectivity index (χ2n) is 8.08. The molecule has 7 heteroatoms. The minimum atomic E-state index is -0.377. The molecule has 1 aliphatic heterocycles. The second-order valence-corrected chi connectivity index (χ2v) is 8.08. The van der Waals surface area contributed by atoms with Crippen LogP contribution in [0.1, 0.15) is 34.6 Å². The lowest BCUT2D eigenvalue weighted by molar-refractivity contribution is -0.0340. The van der Waals surface area contributed by atoms with E-state index in [2.05, 4.69) is 13.8 Å². The van der Waals surface area contributed by atoms with Gasteiger partial charge in [0.1, 0.15) is 11.6 Å². The zero-order valence-electron chi connectivity index (χ0n) is 18.2. The van der Waals surface area contributed by atoms with Gasteiger partial charge in [-0.3, -0.25) is 9.59 Å². The number of amides is 2. The molecule has 3 rings (SSSR count). The summed E-state index contributed by atoms with van der Waals surface area (Å²) in [6.45, 7) is 6.31. The minimum Gasteiger partial charge on any atom is -0.497 e. The van der Waals surface area contributed by atoms with Crippen LogP contribution in [-0.4, -0.2) is 67.6 Å². The van der Waals surface area contributed by atoms with Crippen LogP contribution in [0.2, 0.25) is 0 Å². The average Bonchev–Trinajstić information content (AvgIpc) is 2.78. The first-order valence-corrected chi connectivity index (χ1v) is 10.5. The molecule has 0 spiro atoms. The van der Waals surface area contributed by atoms with Crippen LogP contribution in [-0.2, 0) is 4.74 Å². The summed E-state index contributed by atoms with van der Waals surface area (Å²) in [6, 6.07) is 12.6. The fourth-order valence-electron chi connectivity index (χ4n) is 3.63. The third-order valence-corrected chi connectivity index (χ3v) is 5.15. The molecule has 2 amide bonds. The summed E-state index contributed by atoms with van der Waals surface area (Å²) in [7, 11) is 1.58. The maximum absolute atomic E-state index is 13.2. The number of methoxy groups -OCH3 is 1. The molecule has 1 fully saturated rings. The zero-order chi connectivity index (χ0) is 22.4. The Hall–Kier alpha value is -2.93. The van der Waals surface area contributed by atoms with E-state index in [0.717, 1.165) is 0 Å². The van der Waals surface area contributed by atoms with Crippen LogP contribution in [0.5, 0.6) is 5.75 Å². The van der Waals surface area contributed by atoms with Gasteiger partial charge in [0.15, 0.2) is 0 Å². The van der Waals surface area contributed by atoms with Crippen LogP contribution in [0, 0.1) is 11.7 Å². The van der Waals surface area contributed by atoms with Gasteiger partial charge >= 0.3 is 0 Å². The van der Waals surface area contributed by atoms with Crippen molar-refractivity contribution in [3.8, 4) is 5.75 Å². The number of halogens is 1. The summed E-state index contributed by atoms with van der Waals surface area (Å²) < 4.78 is 24.2. The molecule has 0 aliphatic carbocycles. The Morgan fingerprint density at radius 1 is 1.13 bits per heavy atom. The standard InChI is InChI=1S/C24H29FN2O4/c1-17(2)14-27(24(29)19-6-10-21(30-3)11-7-19)16-22-15-26(12-13-31-22)23(28)18-4-8-20(25)9-5-18/h4-11,17,22H,12-16H2,1-3H3. The third kappa shape index (κ3) is 6.04. The van der Waals surface area contributed by atoms with E-state index in [-0.39, 0.29) is 29.7 Å². The molecule has 0 aromatic heterocycles. The van der Waals surface area contributed by atoms with Crippen molar-refractivity contribution in [3.05, 3.63) is 65.5 Å². The normalized spacial score (nSPS) is 16.3. The van der Waals surface area contributed by atoms with Crippen LogP contribution in [0.25, 0.3) is 0 Å². The first-order chi connectivity index (χ1) is 14.9. The van der Waals surface area contributed by atoms with Crippen molar-refractivity contribution >= 4 is 11.8 Å². The van der Waals surface area contributed by atoms with E-state index in [1.165, 1.54) is 24.3 Å². The van der Waals surface area contributed by atoms with Crippen molar-refractivity contribution < 1.29 is 23.5 Å². The molecular formula is C24H29FN2O4. The number of hydrogen-bond donors (Lipinski definition) is 0. The molecule has 1 atom stereocenters. The van der Waals surface area contributed by atoms with Crippen LogP contribution in [0.4, 0.5) is 4.39 Å². The van der Waals surface area contributed by atoms with Crippen molar-refractivity contribution in [3.63, 3.8) is 0 Å². The lowest BCUT2D eigenvalue weighted by Gasteiger charge is -2.36. The minimum absolute atomic E-state index is 0.0815. The van der Waals surface area contributed by atoms with Gasteiger partial charge in [-0.1, -0.05) is 13.8 Å². The molecule has 1 unspecified atom stereocenters. The fraction of sp³-hybridized carbons (Fsp3) is 0.417. The summed E-state index contributed by atoms with van der Waals surface area (Å²) >= 11 is 0. The molecule has 0 bridgehead atoms. The maximum Gasteiger partial charge on any atom is 0.254 e. The van der Waals surface area contributed by atoms with Crippen LogP contribution < -0.4 is 4.74 Å². The van der Waals surface area contributed by atoms with Gasteiger partial charge < -0.3 is 19.3 Å². The van der Waals surface area contributed by atoms with Crippen LogP contribution in [0.3, 0.4) is 0 Å². The molecule has 1 saturated heterocycles. The number of nitrogens with zero attached hydrogens (tertiary/aromatic N) is 2. The van der Waals surface area contributed by atoms with E-state index < -0.39 is 0 Å². The van der Waals surface area contributed by atoms with E-state index >= 15 is 0 Å². The molecule has 2 aromatic rings.